The monoisotopic (exact) mass is 621 g/mol. The summed E-state index contributed by atoms with van der Waals surface area (Å²) in [5, 5.41) is 2.99. The van der Waals surface area contributed by atoms with Crippen molar-refractivity contribution < 1.29 is 14.3 Å². The highest BCUT2D eigenvalue weighted by molar-refractivity contribution is 6.22. The Balaban J connectivity index is 1.45. The molecule has 3 atom stereocenters. The summed E-state index contributed by atoms with van der Waals surface area (Å²) >= 11 is 0. The van der Waals surface area contributed by atoms with Gasteiger partial charge in [-0.3, -0.25) is 9.89 Å². The fourth-order valence-corrected chi connectivity index (χ4v) is 6.55. The first-order chi connectivity index (χ1) is 22.2. The number of nitrogens with zero attached hydrogens (tertiary/aromatic N) is 2. The molecule has 8 heteroatoms. The summed E-state index contributed by atoms with van der Waals surface area (Å²) in [6, 6.07) is 25.4. The average molecular weight is 622 g/mol. The topological polar surface area (TPSA) is 115 Å². The Morgan fingerprint density at radius 1 is 1.07 bits per heavy atom. The van der Waals surface area contributed by atoms with Crippen LogP contribution in [-0.4, -0.2) is 42.4 Å². The van der Waals surface area contributed by atoms with Crippen LogP contribution in [0.15, 0.2) is 101 Å². The number of nitrogens with two attached hydrogens (primary N) is 2. The first-order valence-corrected chi connectivity index (χ1v) is 16.2. The molecule has 1 fully saturated rings. The van der Waals surface area contributed by atoms with Crippen LogP contribution >= 0.6 is 0 Å². The molecule has 5 N–H and O–H groups in total. The van der Waals surface area contributed by atoms with Crippen LogP contribution in [0.3, 0.4) is 0 Å². The van der Waals surface area contributed by atoms with E-state index in [1.165, 1.54) is 17.3 Å². The summed E-state index contributed by atoms with van der Waals surface area (Å²) < 4.78 is 11.8. The molecule has 5 rings (SSSR count). The summed E-state index contributed by atoms with van der Waals surface area (Å²) in [6.07, 6.45) is 4.85. The Kier molecular flexibility index (Phi) is 10.2. The van der Waals surface area contributed by atoms with Gasteiger partial charge in [0.1, 0.15) is 11.4 Å². The van der Waals surface area contributed by atoms with Crippen LogP contribution in [0.1, 0.15) is 57.7 Å². The smallest absolute Gasteiger partial charge is 0.341 e. The van der Waals surface area contributed by atoms with Gasteiger partial charge < -0.3 is 26.3 Å². The van der Waals surface area contributed by atoms with E-state index < -0.39 is 5.97 Å². The number of carbonyl (C=O) groups is 1. The van der Waals surface area contributed by atoms with E-state index in [1.807, 2.05) is 25.2 Å². The number of esters is 1. The first kappa shape index (κ1) is 32.8. The molecule has 0 bridgehead atoms. The Morgan fingerprint density at radius 3 is 2.52 bits per heavy atom. The third-order valence-corrected chi connectivity index (χ3v) is 8.64. The van der Waals surface area contributed by atoms with Crippen LogP contribution in [0.25, 0.3) is 11.1 Å². The van der Waals surface area contributed by atoms with Gasteiger partial charge >= 0.3 is 5.97 Å². The van der Waals surface area contributed by atoms with Crippen molar-refractivity contribution >= 4 is 17.4 Å². The number of allylic oxidation sites excluding steroid dienone is 1. The Bertz CT molecular complexity index is 1640. The molecular formula is C38H47N5O3. The number of benzene rings is 3. The van der Waals surface area contributed by atoms with E-state index in [4.69, 9.17) is 25.9 Å². The molecule has 2 aliphatic rings. The summed E-state index contributed by atoms with van der Waals surface area (Å²) in [5.41, 5.74) is 18.9. The lowest BCUT2D eigenvalue weighted by Crippen LogP contribution is -2.41. The van der Waals surface area contributed by atoms with Crippen molar-refractivity contribution in [3.05, 3.63) is 108 Å². The molecule has 0 amide bonds. The van der Waals surface area contributed by atoms with Crippen LogP contribution < -0.4 is 21.5 Å². The predicted molar refractivity (Wildman–Crippen MR) is 185 cm³/mol. The Hall–Kier alpha value is -4.56. The highest BCUT2D eigenvalue weighted by Gasteiger charge is 2.45. The summed E-state index contributed by atoms with van der Waals surface area (Å²) in [7, 11) is 1.81. The zero-order valence-electron chi connectivity index (χ0n) is 27.6. The van der Waals surface area contributed by atoms with Crippen LogP contribution in [-0.2, 0) is 16.1 Å². The second-order valence-electron chi connectivity index (χ2n) is 12.7. The summed E-state index contributed by atoms with van der Waals surface area (Å²) in [5.74, 6) is 0.531. The van der Waals surface area contributed by atoms with E-state index in [9.17, 15) is 4.79 Å². The van der Waals surface area contributed by atoms with E-state index in [0.29, 0.717) is 5.71 Å². The average Bonchev–Trinajstić information content (AvgIpc) is 3.84. The molecule has 1 saturated carbocycles. The van der Waals surface area contributed by atoms with Crippen LogP contribution in [0.2, 0.25) is 0 Å². The van der Waals surface area contributed by atoms with Gasteiger partial charge in [0, 0.05) is 61.7 Å². The Morgan fingerprint density at radius 2 is 1.80 bits per heavy atom. The number of hydrogen-bond acceptors (Lipinski definition) is 8. The maximum absolute atomic E-state index is 12.9. The highest BCUT2D eigenvalue weighted by atomic mass is 16.5. The maximum Gasteiger partial charge on any atom is 0.341 e. The van der Waals surface area contributed by atoms with Crippen LogP contribution in [0.4, 0.5) is 5.69 Å². The quantitative estimate of drug-likeness (QED) is 0.125. The SMILES string of the molecule is CCOC(=O)C(=CN)C(=Nc1cccc(-c2cccc(CN3CC(C)(C)Oc4ccccc4C3CC)c2)c1)[C@@H]1CC1/C(N)=C/NC. The van der Waals surface area contributed by atoms with E-state index >= 15 is 0 Å². The number of hydrogen-bond donors (Lipinski definition) is 3. The largest absolute Gasteiger partial charge is 0.486 e. The lowest BCUT2D eigenvalue weighted by molar-refractivity contribution is -0.137. The summed E-state index contributed by atoms with van der Waals surface area (Å²) in [4.78, 5) is 20.4. The normalized spacial score (nSPS) is 21.5. The van der Waals surface area contributed by atoms with Crippen molar-refractivity contribution in [3.8, 4) is 16.9 Å². The lowest BCUT2D eigenvalue weighted by Gasteiger charge is -2.33. The van der Waals surface area contributed by atoms with Gasteiger partial charge in [-0.2, -0.15) is 0 Å². The van der Waals surface area contributed by atoms with E-state index in [-0.39, 0.29) is 35.7 Å². The molecule has 0 aromatic heterocycles. The van der Waals surface area contributed by atoms with Crippen molar-refractivity contribution in [3.63, 3.8) is 0 Å². The predicted octanol–water partition coefficient (Wildman–Crippen LogP) is 6.61. The van der Waals surface area contributed by atoms with Gasteiger partial charge in [-0.25, -0.2) is 4.79 Å². The highest BCUT2D eigenvalue weighted by Crippen LogP contribution is 2.46. The summed E-state index contributed by atoms with van der Waals surface area (Å²) in [6.45, 7) is 10.2. The fourth-order valence-electron chi connectivity index (χ4n) is 6.55. The molecule has 0 saturated heterocycles. The zero-order chi connectivity index (χ0) is 32.8. The standard InChI is InChI=1S/C38H47N5O3/c1-6-34-29-16-8-9-17-35(29)46-38(3,4)24-43(34)23-25-12-10-13-26(18-25)27-14-11-15-28(19-27)42-36(32(21-39)37(44)45-7-2)31-20-30(31)33(40)22-41-5/h8-19,21-22,30-31,34,41H,6-7,20,23-24,39-40H2,1-5H3/b32-21?,33-22-,42-36?/t30?,31-,34?/m1/s1. The maximum atomic E-state index is 12.9. The Labute approximate surface area is 273 Å². The van der Waals surface area contributed by atoms with Crippen molar-refractivity contribution in [2.75, 3.05) is 20.2 Å². The van der Waals surface area contributed by atoms with Crippen molar-refractivity contribution in [2.24, 2.45) is 28.3 Å². The molecule has 1 heterocycles. The van der Waals surface area contributed by atoms with E-state index in [1.54, 1.807) is 13.1 Å². The van der Waals surface area contributed by atoms with E-state index in [2.05, 4.69) is 85.6 Å². The minimum Gasteiger partial charge on any atom is -0.486 e. The van der Waals surface area contributed by atoms with Gasteiger partial charge in [-0.15, -0.1) is 0 Å². The van der Waals surface area contributed by atoms with Crippen molar-refractivity contribution in [1.82, 2.24) is 10.2 Å². The number of nitrogens with one attached hydrogen (secondary N) is 1. The van der Waals surface area contributed by atoms with Gasteiger partial charge in [-0.05, 0) is 74.6 Å². The number of ether oxygens (including phenoxy) is 2. The third-order valence-electron chi connectivity index (χ3n) is 8.64. The molecule has 0 radical (unpaired) electrons. The zero-order valence-corrected chi connectivity index (χ0v) is 27.6. The molecule has 3 aromatic carbocycles. The van der Waals surface area contributed by atoms with Crippen molar-refractivity contribution in [2.45, 2.75) is 58.7 Å². The van der Waals surface area contributed by atoms with Crippen LogP contribution in [0, 0.1) is 11.8 Å². The molecule has 242 valence electrons. The fraction of sp³-hybridized carbons (Fsp3) is 0.368. The molecule has 1 aliphatic heterocycles. The number of carbonyl (C=O) groups excluding carboxylic acids is 1. The van der Waals surface area contributed by atoms with Crippen molar-refractivity contribution in [1.29, 1.82) is 0 Å². The molecule has 2 unspecified atom stereocenters. The van der Waals surface area contributed by atoms with Gasteiger partial charge in [0.05, 0.1) is 23.6 Å². The number of fused-ring (bicyclic) bond motifs is 1. The molecular weight excluding hydrogens is 574 g/mol. The second-order valence-corrected chi connectivity index (χ2v) is 12.7. The van der Waals surface area contributed by atoms with Gasteiger partial charge in [0.25, 0.3) is 0 Å². The number of aliphatic imine (C=N–C) groups is 1. The number of para-hydroxylation sites is 1. The molecule has 46 heavy (non-hydrogen) atoms. The lowest BCUT2D eigenvalue weighted by atomic mass is 9.98. The molecule has 1 aliphatic carbocycles. The minimum absolute atomic E-state index is 0.0331. The second kappa shape index (κ2) is 14.3. The molecule has 8 nitrogen and oxygen atoms in total. The molecule has 3 aromatic rings. The molecule has 0 spiro atoms. The van der Waals surface area contributed by atoms with Gasteiger partial charge in [-0.1, -0.05) is 55.5 Å². The minimum atomic E-state index is -0.482. The first-order valence-electron chi connectivity index (χ1n) is 16.2. The number of rotatable bonds is 11. The van der Waals surface area contributed by atoms with Crippen LogP contribution in [0.5, 0.6) is 5.75 Å². The van der Waals surface area contributed by atoms with Gasteiger partial charge in [0.15, 0.2) is 0 Å². The van der Waals surface area contributed by atoms with E-state index in [0.717, 1.165) is 54.2 Å². The van der Waals surface area contributed by atoms with Gasteiger partial charge in [0.2, 0.25) is 0 Å². The third kappa shape index (κ3) is 7.45.